The van der Waals surface area contributed by atoms with Crippen LogP contribution >= 0.6 is 0 Å². The molecule has 1 aliphatic heterocycles. The van der Waals surface area contributed by atoms with Gasteiger partial charge in [-0.25, -0.2) is 0 Å². The van der Waals surface area contributed by atoms with Gasteiger partial charge in [0.1, 0.15) is 0 Å². The first-order chi connectivity index (χ1) is 5.18. The van der Waals surface area contributed by atoms with E-state index < -0.39 is 5.97 Å². The zero-order valence-corrected chi connectivity index (χ0v) is 9.75. The number of piperazine rings is 1. The summed E-state index contributed by atoms with van der Waals surface area (Å²) in [5, 5.41) is 10.2. The third-order valence-electron chi connectivity index (χ3n) is 1.95. The molecule has 0 saturated carbocycles. The number of likely N-dealkylation sites (N-methyl/N-ethyl adjacent to an activating group) is 1. The Labute approximate surface area is 94.8 Å². The van der Waals surface area contributed by atoms with Crippen LogP contribution in [0.5, 0.6) is 0 Å². The molecular formula is C7H13N2NaO2. The molecule has 64 valence electrons. The smallest absolute Gasteiger partial charge is 0.549 e. The first-order valence-electron chi connectivity index (χ1n) is 3.79. The molecule has 1 saturated heterocycles. The first-order valence-corrected chi connectivity index (χ1v) is 3.79. The van der Waals surface area contributed by atoms with Crippen LogP contribution in [0, 0.1) is 0 Å². The quantitative estimate of drug-likeness (QED) is 0.399. The van der Waals surface area contributed by atoms with Crippen LogP contribution in [0.3, 0.4) is 0 Å². The monoisotopic (exact) mass is 180 g/mol. The van der Waals surface area contributed by atoms with Gasteiger partial charge >= 0.3 is 29.6 Å². The molecule has 0 aliphatic carbocycles. The van der Waals surface area contributed by atoms with Gasteiger partial charge in [0.15, 0.2) is 0 Å². The van der Waals surface area contributed by atoms with Gasteiger partial charge in [0.05, 0.1) is 5.97 Å². The van der Waals surface area contributed by atoms with Crippen molar-refractivity contribution in [1.29, 1.82) is 0 Å². The predicted molar refractivity (Wildman–Crippen MR) is 38.9 cm³/mol. The van der Waals surface area contributed by atoms with Gasteiger partial charge in [-0.15, -0.1) is 0 Å². The summed E-state index contributed by atoms with van der Waals surface area (Å²) >= 11 is 0. The van der Waals surface area contributed by atoms with Crippen LogP contribution in [0.25, 0.3) is 0 Å². The van der Waals surface area contributed by atoms with E-state index in [0.717, 1.165) is 26.2 Å². The molecule has 1 rings (SSSR count). The summed E-state index contributed by atoms with van der Waals surface area (Å²) in [6.45, 7) is 3.66. The number of carboxylic acid groups (broad SMARTS) is 1. The minimum Gasteiger partial charge on any atom is -0.549 e. The van der Waals surface area contributed by atoms with Gasteiger partial charge in [-0.1, -0.05) is 0 Å². The van der Waals surface area contributed by atoms with E-state index in [1.165, 1.54) is 0 Å². The van der Waals surface area contributed by atoms with Crippen molar-refractivity contribution in [2.24, 2.45) is 0 Å². The van der Waals surface area contributed by atoms with E-state index in [0.29, 0.717) is 0 Å². The van der Waals surface area contributed by atoms with E-state index in [2.05, 4.69) is 4.90 Å². The molecule has 0 N–H and O–H groups in total. The van der Waals surface area contributed by atoms with Crippen molar-refractivity contribution in [1.82, 2.24) is 9.80 Å². The SMILES string of the molecule is CN1CCN(CC(=O)[O-])CC1.[Na+]. The van der Waals surface area contributed by atoms with E-state index in [4.69, 9.17) is 0 Å². The fourth-order valence-corrected chi connectivity index (χ4v) is 1.19. The number of carboxylic acids is 1. The van der Waals surface area contributed by atoms with Gasteiger partial charge < -0.3 is 14.8 Å². The molecule has 0 amide bonds. The van der Waals surface area contributed by atoms with Crippen molar-refractivity contribution in [3.05, 3.63) is 0 Å². The maximum Gasteiger partial charge on any atom is 1.00 e. The average molecular weight is 180 g/mol. The maximum absolute atomic E-state index is 10.2. The molecule has 12 heavy (non-hydrogen) atoms. The number of rotatable bonds is 2. The van der Waals surface area contributed by atoms with Crippen LogP contribution in [-0.4, -0.2) is 55.5 Å². The van der Waals surface area contributed by atoms with E-state index in [1.54, 1.807) is 0 Å². The summed E-state index contributed by atoms with van der Waals surface area (Å²) in [7, 11) is 2.04. The van der Waals surface area contributed by atoms with E-state index in [1.807, 2.05) is 11.9 Å². The normalized spacial score (nSPS) is 20.1. The molecule has 4 nitrogen and oxygen atoms in total. The summed E-state index contributed by atoms with van der Waals surface area (Å²) < 4.78 is 0. The van der Waals surface area contributed by atoms with Crippen molar-refractivity contribution in [3.63, 3.8) is 0 Å². The fraction of sp³-hybridized carbons (Fsp3) is 0.857. The molecule has 0 bridgehead atoms. The van der Waals surface area contributed by atoms with E-state index in [-0.39, 0.29) is 36.1 Å². The Kier molecular flexibility index (Phi) is 6.13. The molecule has 0 aromatic rings. The molecule has 0 aromatic carbocycles. The van der Waals surface area contributed by atoms with Crippen LogP contribution in [-0.2, 0) is 4.79 Å². The topological polar surface area (TPSA) is 46.6 Å². The summed E-state index contributed by atoms with van der Waals surface area (Å²) in [4.78, 5) is 14.3. The molecule has 0 atom stereocenters. The molecule has 0 spiro atoms. The third kappa shape index (κ3) is 4.42. The molecule has 0 radical (unpaired) electrons. The maximum atomic E-state index is 10.2. The first kappa shape index (κ1) is 12.4. The van der Waals surface area contributed by atoms with Crippen LogP contribution in [0.1, 0.15) is 0 Å². The minimum absolute atomic E-state index is 0. The molecule has 1 fully saturated rings. The second-order valence-corrected chi connectivity index (χ2v) is 2.95. The summed E-state index contributed by atoms with van der Waals surface area (Å²) in [6, 6.07) is 0. The standard InChI is InChI=1S/C7H14N2O2.Na/c1-8-2-4-9(5-3-8)6-7(10)11;/h2-6H2,1H3,(H,10,11);/q;+1/p-1. The average Bonchev–Trinajstić information content (AvgIpc) is 1.93. The molecule has 1 heterocycles. The molecule has 0 unspecified atom stereocenters. The number of aliphatic carboxylic acids is 1. The Morgan fingerprint density at radius 2 is 1.83 bits per heavy atom. The number of nitrogens with zero attached hydrogens (tertiary/aromatic N) is 2. The molecule has 5 heteroatoms. The van der Waals surface area contributed by atoms with Crippen molar-refractivity contribution >= 4 is 5.97 Å². The summed E-state index contributed by atoms with van der Waals surface area (Å²) in [5.74, 6) is -0.977. The minimum atomic E-state index is -0.977. The van der Waals surface area contributed by atoms with Gasteiger partial charge in [-0.05, 0) is 7.05 Å². The molecule has 0 aromatic heterocycles. The Bertz CT molecular complexity index is 146. The van der Waals surface area contributed by atoms with Crippen LogP contribution in [0.15, 0.2) is 0 Å². The number of carbonyl (C=O) groups excluding carboxylic acids is 1. The van der Waals surface area contributed by atoms with Crippen molar-refractivity contribution < 1.29 is 39.5 Å². The van der Waals surface area contributed by atoms with Crippen LogP contribution in [0.2, 0.25) is 0 Å². The summed E-state index contributed by atoms with van der Waals surface area (Å²) in [5.41, 5.74) is 0. The van der Waals surface area contributed by atoms with E-state index in [9.17, 15) is 9.90 Å². The molecular weight excluding hydrogens is 167 g/mol. The Morgan fingerprint density at radius 1 is 1.33 bits per heavy atom. The van der Waals surface area contributed by atoms with Crippen molar-refractivity contribution in [3.8, 4) is 0 Å². The predicted octanol–water partition coefficient (Wildman–Crippen LogP) is -5.01. The second kappa shape index (κ2) is 5.94. The molecule has 1 aliphatic rings. The Morgan fingerprint density at radius 3 is 2.25 bits per heavy atom. The van der Waals surface area contributed by atoms with Crippen molar-refractivity contribution in [2.75, 3.05) is 39.8 Å². The Hall–Kier alpha value is 0.390. The summed E-state index contributed by atoms with van der Waals surface area (Å²) in [6.07, 6.45) is 0. The number of carbonyl (C=O) groups is 1. The zero-order valence-electron chi connectivity index (χ0n) is 7.75. The second-order valence-electron chi connectivity index (χ2n) is 2.95. The van der Waals surface area contributed by atoms with Crippen LogP contribution < -0.4 is 34.7 Å². The van der Waals surface area contributed by atoms with Gasteiger partial charge in [-0.2, -0.15) is 0 Å². The van der Waals surface area contributed by atoms with E-state index >= 15 is 0 Å². The number of hydrogen-bond acceptors (Lipinski definition) is 4. The largest absolute Gasteiger partial charge is 1.00 e. The van der Waals surface area contributed by atoms with Gasteiger partial charge in [0.25, 0.3) is 0 Å². The number of hydrogen-bond donors (Lipinski definition) is 0. The van der Waals surface area contributed by atoms with Crippen molar-refractivity contribution in [2.45, 2.75) is 0 Å². The van der Waals surface area contributed by atoms with Crippen LogP contribution in [0.4, 0.5) is 0 Å². The van der Waals surface area contributed by atoms with Gasteiger partial charge in [0.2, 0.25) is 0 Å². The third-order valence-corrected chi connectivity index (χ3v) is 1.95. The van der Waals surface area contributed by atoms with Gasteiger partial charge in [0, 0.05) is 32.7 Å². The van der Waals surface area contributed by atoms with Gasteiger partial charge in [-0.3, -0.25) is 4.90 Å². The Balaban J connectivity index is 0.00000121. The zero-order chi connectivity index (χ0) is 8.27. The fourth-order valence-electron chi connectivity index (χ4n) is 1.19.